The van der Waals surface area contributed by atoms with Crippen LogP contribution in [0.2, 0.25) is 0 Å². The number of nitrogens with one attached hydrogen (secondary N) is 2. The highest BCUT2D eigenvalue weighted by molar-refractivity contribution is 5.58. The van der Waals surface area contributed by atoms with Gasteiger partial charge in [-0.15, -0.1) is 0 Å². The first-order valence-electron chi connectivity index (χ1n) is 5.42. The molecule has 16 heavy (non-hydrogen) atoms. The molecule has 1 aliphatic heterocycles. The van der Waals surface area contributed by atoms with Crippen molar-refractivity contribution in [1.82, 2.24) is 9.97 Å². The summed E-state index contributed by atoms with van der Waals surface area (Å²) in [7, 11) is 0. The van der Waals surface area contributed by atoms with E-state index in [1.54, 1.807) is 0 Å². The van der Waals surface area contributed by atoms with E-state index < -0.39 is 0 Å². The summed E-state index contributed by atoms with van der Waals surface area (Å²) < 4.78 is 5.27. The molecule has 0 bridgehead atoms. The lowest BCUT2D eigenvalue weighted by Gasteiger charge is -2.22. The second kappa shape index (κ2) is 4.98. The maximum Gasteiger partial charge on any atom is 0.276 e. The number of ether oxygens (including phenoxy) is 1. The number of rotatable bonds is 3. The Kier molecular flexibility index (Phi) is 3.40. The van der Waals surface area contributed by atoms with E-state index in [0.29, 0.717) is 11.7 Å². The highest BCUT2D eigenvalue weighted by atomic mass is 16.5. The van der Waals surface area contributed by atoms with Crippen LogP contribution in [0.3, 0.4) is 0 Å². The van der Waals surface area contributed by atoms with Gasteiger partial charge in [-0.05, 0) is 18.8 Å². The summed E-state index contributed by atoms with van der Waals surface area (Å²) >= 11 is 0. The molecular formula is C10H16N4O2. The summed E-state index contributed by atoms with van der Waals surface area (Å²) in [5.74, 6) is 1.03. The Morgan fingerprint density at radius 2 is 2.31 bits per heavy atom. The van der Waals surface area contributed by atoms with Crippen molar-refractivity contribution in [3.05, 3.63) is 16.7 Å². The van der Waals surface area contributed by atoms with Gasteiger partial charge in [0, 0.05) is 19.8 Å². The number of hydrogen-bond donors (Lipinski definition) is 3. The van der Waals surface area contributed by atoms with Crippen molar-refractivity contribution in [2.24, 2.45) is 5.92 Å². The fourth-order valence-electron chi connectivity index (χ4n) is 1.74. The van der Waals surface area contributed by atoms with E-state index in [4.69, 9.17) is 10.5 Å². The van der Waals surface area contributed by atoms with Gasteiger partial charge >= 0.3 is 0 Å². The SMILES string of the molecule is Nc1c(NCC2CCOCC2)nc[nH]c1=O. The number of aromatic amines is 1. The monoisotopic (exact) mass is 224 g/mol. The second-order valence-corrected chi connectivity index (χ2v) is 3.93. The highest BCUT2D eigenvalue weighted by Crippen LogP contribution is 2.16. The summed E-state index contributed by atoms with van der Waals surface area (Å²) in [4.78, 5) is 17.6. The van der Waals surface area contributed by atoms with Crippen molar-refractivity contribution in [3.63, 3.8) is 0 Å². The van der Waals surface area contributed by atoms with Gasteiger partial charge in [-0.25, -0.2) is 4.98 Å². The molecule has 1 aliphatic rings. The summed E-state index contributed by atoms with van der Waals surface area (Å²) in [6.07, 6.45) is 3.43. The van der Waals surface area contributed by atoms with E-state index in [9.17, 15) is 4.79 Å². The molecule has 0 atom stereocenters. The van der Waals surface area contributed by atoms with Crippen LogP contribution in [0.4, 0.5) is 11.5 Å². The third-order valence-corrected chi connectivity index (χ3v) is 2.79. The predicted octanol–water partition coefficient (Wildman–Crippen LogP) is 0.191. The van der Waals surface area contributed by atoms with Gasteiger partial charge in [0.05, 0.1) is 6.33 Å². The van der Waals surface area contributed by atoms with Crippen LogP contribution in [0.1, 0.15) is 12.8 Å². The Hall–Kier alpha value is -1.56. The average molecular weight is 224 g/mol. The topological polar surface area (TPSA) is 93.0 Å². The second-order valence-electron chi connectivity index (χ2n) is 3.93. The van der Waals surface area contributed by atoms with Crippen LogP contribution >= 0.6 is 0 Å². The number of hydrogen-bond acceptors (Lipinski definition) is 5. The first-order valence-corrected chi connectivity index (χ1v) is 5.42. The smallest absolute Gasteiger partial charge is 0.276 e. The molecule has 2 heterocycles. The molecule has 0 amide bonds. The summed E-state index contributed by atoms with van der Waals surface area (Å²) in [5, 5.41) is 3.11. The molecule has 1 fully saturated rings. The van der Waals surface area contributed by atoms with Crippen molar-refractivity contribution in [2.75, 3.05) is 30.8 Å². The van der Waals surface area contributed by atoms with Crippen molar-refractivity contribution in [2.45, 2.75) is 12.8 Å². The van der Waals surface area contributed by atoms with E-state index >= 15 is 0 Å². The van der Waals surface area contributed by atoms with Gasteiger partial charge in [-0.2, -0.15) is 0 Å². The Morgan fingerprint density at radius 3 is 3.06 bits per heavy atom. The van der Waals surface area contributed by atoms with Crippen LogP contribution in [0.5, 0.6) is 0 Å². The number of aromatic nitrogens is 2. The van der Waals surface area contributed by atoms with E-state index in [1.165, 1.54) is 6.33 Å². The van der Waals surface area contributed by atoms with E-state index in [1.807, 2.05) is 0 Å². The van der Waals surface area contributed by atoms with Gasteiger partial charge in [0.25, 0.3) is 5.56 Å². The largest absolute Gasteiger partial charge is 0.391 e. The van der Waals surface area contributed by atoms with Crippen molar-refractivity contribution in [1.29, 1.82) is 0 Å². The molecular weight excluding hydrogens is 208 g/mol. The number of nitrogens with two attached hydrogens (primary N) is 1. The van der Waals surface area contributed by atoms with Crippen molar-refractivity contribution in [3.8, 4) is 0 Å². The first kappa shape index (κ1) is 10.9. The molecule has 0 radical (unpaired) electrons. The third kappa shape index (κ3) is 2.52. The molecule has 0 unspecified atom stereocenters. The van der Waals surface area contributed by atoms with Gasteiger partial charge in [0.1, 0.15) is 5.69 Å². The molecule has 1 aromatic rings. The molecule has 0 spiro atoms. The number of nitrogen functional groups attached to an aromatic ring is 1. The fourth-order valence-corrected chi connectivity index (χ4v) is 1.74. The normalized spacial score (nSPS) is 17.2. The average Bonchev–Trinajstić information content (AvgIpc) is 2.32. The molecule has 0 aliphatic carbocycles. The van der Waals surface area contributed by atoms with Gasteiger partial charge in [0.15, 0.2) is 5.82 Å². The van der Waals surface area contributed by atoms with Crippen LogP contribution in [-0.4, -0.2) is 29.7 Å². The number of anilines is 2. The Balaban J connectivity index is 1.93. The van der Waals surface area contributed by atoms with E-state index in [2.05, 4.69) is 15.3 Å². The zero-order chi connectivity index (χ0) is 11.4. The maximum absolute atomic E-state index is 11.2. The Labute approximate surface area is 93.2 Å². The van der Waals surface area contributed by atoms with Crippen LogP contribution < -0.4 is 16.6 Å². The molecule has 6 heteroatoms. The molecule has 1 aromatic heterocycles. The van der Waals surface area contributed by atoms with E-state index in [-0.39, 0.29) is 11.2 Å². The molecule has 6 nitrogen and oxygen atoms in total. The zero-order valence-corrected chi connectivity index (χ0v) is 9.03. The lowest BCUT2D eigenvalue weighted by molar-refractivity contribution is 0.0699. The lowest BCUT2D eigenvalue weighted by Crippen LogP contribution is -2.24. The fraction of sp³-hybridized carbons (Fsp3) is 0.600. The predicted molar refractivity (Wildman–Crippen MR) is 61.3 cm³/mol. The van der Waals surface area contributed by atoms with Gasteiger partial charge in [0.2, 0.25) is 0 Å². The first-order chi connectivity index (χ1) is 7.77. The van der Waals surface area contributed by atoms with E-state index in [0.717, 1.165) is 32.6 Å². The molecule has 2 rings (SSSR count). The van der Waals surface area contributed by atoms with Crippen molar-refractivity contribution >= 4 is 11.5 Å². The Morgan fingerprint density at radius 1 is 1.56 bits per heavy atom. The summed E-state index contributed by atoms with van der Waals surface area (Å²) in [6, 6.07) is 0. The number of nitrogens with zero attached hydrogens (tertiary/aromatic N) is 1. The quantitative estimate of drug-likeness (QED) is 0.681. The minimum absolute atomic E-state index is 0.148. The van der Waals surface area contributed by atoms with Crippen LogP contribution in [-0.2, 0) is 4.74 Å². The van der Waals surface area contributed by atoms with Crippen LogP contribution in [0.15, 0.2) is 11.1 Å². The lowest BCUT2D eigenvalue weighted by atomic mass is 10.0. The summed E-state index contributed by atoms with van der Waals surface area (Å²) in [6.45, 7) is 2.40. The van der Waals surface area contributed by atoms with Gasteiger partial charge < -0.3 is 20.8 Å². The van der Waals surface area contributed by atoms with Crippen LogP contribution in [0, 0.1) is 5.92 Å². The molecule has 1 saturated heterocycles. The van der Waals surface area contributed by atoms with Gasteiger partial charge in [-0.1, -0.05) is 0 Å². The maximum atomic E-state index is 11.2. The standard InChI is InChI=1S/C10H16N4O2/c11-8-9(13-6-14-10(8)15)12-5-7-1-3-16-4-2-7/h6-7H,1-5,11H2,(H2,12,13,14,15). The molecule has 88 valence electrons. The minimum atomic E-state index is -0.301. The molecule has 0 saturated carbocycles. The Bertz CT molecular complexity index is 398. The van der Waals surface area contributed by atoms with Gasteiger partial charge in [-0.3, -0.25) is 4.79 Å². The zero-order valence-electron chi connectivity index (χ0n) is 9.03. The third-order valence-electron chi connectivity index (χ3n) is 2.79. The highest BCUT2D eigenvalue weighted by Gasteiger charge is 2.14. The minimum Gasteiger partial charge on any atom is -0.391 e. The number of H-pyrrole nitrogens is 1. The summed E-state index contributed by atoms with van der Waals surface area (Å²) in [5.41, 5.74) is 5.45. The molecule has 0 aromatic carbocycles. The van der Waals surface area contributed by atoms with Crippen LogP contribution in [0.25, 0.3) is 0 Å². The van der Waals surface area contributed by atoms with Crippen molar-refractivity contribution < 1.29 is 4.74 Å². The molecule has 4 N–H and O–H groups in total.